The number of nitrogen functional groups attached to an aromatic ring is 1. The summed E-state index contributed by atoms with van der Waals surface area (Å²) >= 11 is 3.06. The summed E-state index contributed by atoms with van der Waals surface area (Å²) in [5, 5.41) is 9.00. The molecule has 0 aromatic heterocycles. The third-order valence-electron chi connectivity index (χ3n) is 2.63. The molecule has 0 aliphatic rings. The fourth-order valence-corrected chi connectivity index (χ4v) is 2.04. The molecule has 3 nitrogen and oxygen atoms in total. The molecule has 0 radical (unpaired) electrons. The van der Waals surface area contributed by atoms with Crippen molar-refractivity contribution in [2.45, 2.75) is 6.42 Å². The smallest absolute Gasteiger partial charge is 0.153 e. The van der Waals surface area contributed by atoms with Crippen molar-refractivity contribution in [2.75, 3.05) is 12.3 Å². The van der Waals surface area contributed by atoms with Crippen molar-refractivity contribution in [2.24, 2.45) is 0 Å². The number of rotatable bonds is 4. The van der Waals surface area contributed by atoms with Crippen LogP contribution in [-0.4, -0.2) is 11.7 Å². The Kier molecular flexibility index (Phi) is 4.39. The summed E-state index contributed by atoms with van der Waals surface area (Å²) in [7, 11) is 0. The average molecular weight is 326 g/mol. The summed E-state index contributed by atoms with van der Waals surface area (Å²) in [6.07, 6.45) is 0.467. The molecule has 0 unspecified atom stereocenters. The van der Waals surface area contributed by atoms with Crippen LogP contribution in [0, 0.1) is 5.82 Å². The second kappa shape index (κ2) is 6.04. The molecular formula is C14H13BrFNO2. The predicted molar refractivity (Wildman–Crippen MR) is 75.8 cm³/mol. The van der Waals surface area contributed by atoms with Crippen molar-refractivity contribution in [1.29, 1.82) is 0 Å². The van der Waals surface area contributed by atoms with Crippen LogP contribution in [0.3, 0.4) is 0 Å². The molecule has 19 heavy (non-hydrogen) atoms. The van der Waals surface area contributed by atoms with Gasteiger partial charge in [-0.2, -0.15) is 0 Å². The first kappa shape index (κ1) is 13.8. The van der Waals surface area contributed by atoms with E-state index in [0.29, 0.717) is 22.3 Å². The summed E-state index contributed by atoms with van der Waals surface area (Å²) in [6.45, 7) is 0.0184. The molecule has 0 fully saturated rings. The van der Waals surface area contributed by atoms with Crippen molar-refractivity contribution in [3.8, 4) is 11.5 Å². The highest BCUT2D eigenvalue weighted by Crippen LogP contribution is 2.33. The largest absolute Gasteiger partial charge is 0.455 e. The van der Waals surface area contributed by atoms with Crippen molar-refractivity contribution in [3.05, 3.63) is 52.3 Å². The van der Waals surface area contributed by atoms with Gasteiger partial charge in [0.25, 0.3) is 0 Å². The lowest BCUT2D eigenvalue weighted by Gasteiger charge is -2.12. The molecular weight excluding hydrogens is 313 g/mol. The predicted octanol–water partition coefficient (Wildman–Crippen LogP) is 3.50. The first-order valence-electron chi connectivity index (χ1n) is 5.73. The number of hydrogen-bond donors (Lipinski definition) is 2. The van der Waals surface area contributed by atoms with E-state index in [1.807, 2.05) is 18.2 Å². The summed E-state index contributed by atoms with van der Waals surface area (Å²) in [5.74, 6) is 0.375. The Morgan fingerprint density at radius 2 is 1.95 bits per heavy atom. The molecule has 2 aromatic rings. The van der Waals surface area contributed by atoms with Gasteiger partial charge in [-0.05, 0) is 40.0 Å². The van der Waals surface area contributed by atoms with Crippen molar-refractivity contribution < 1.29 is 14.2 Å². The first-order chi connectivity index (χ1) is 9.11. The third-order valence-corrected chi connectivity index (χ3v) is 3.23. The van der Waals surface area contributed by atoms with Gasteiger partial charge in [-0.15, -0.1) is 0 Å². The lowest BCUT2D eigenvalue weighted by atomic mass is 10.1. The van der Waals surface area contributed by atoms with Crippen molar-refractivity contribution >= 4 is 21.6 Å². The fraction of sp³-hybridized carbons (Fsp3) is 0.143. The van der Waals surface area contributed by atoms with E-state index in [1.54, 1.807) is 6.07 Å². The van der Waals surface area contributed by atoms with Crippen LogP contribution in [0.4, 0.5) is 10.1 Å². The van der Waals surface area contributed by atoms with E-state index in [0.717, 1.165) is 5.56 Å². The summed E-state index contributed by atoms with van der Waals surface area (Å²) in [4.78, 5) is 0. The number of para-hydroxylation sites is 1. The molecule has 0 heterocycles. The standard InChI is InChI=1S/C14H13BrFNO2/c15-10-7-12(17)14(8-11(10)16)19-13-4-2-1-3-9(13)5-6-18/h1-4,7-8,18H,5-6,17H2. The van der Waals surface area contributed by atoms with Gasteiger partial charge in [-0.1, -0.05) is 18.2 Å². The number of nitrogens with two attached hydrogens (primary N) is 1. The maximum atomic E-state index is 13.5. The van der Waals surface area contributed by atoms with Gasteiger partial charge in [-0.25, -0.2) is 4.39 Å². The second-order valence-corrected chi connectivity index (χ2v) is 4.84. The van der Waals surface area contributed by atoms with Crippen LogP contribution in [0.25, 0.3) is 0 Å². The highest BCUT2D eigenvalue weighted by Gasteiger charge is 2.10. The Labute approximate surface area is 118 Å². The van der Waals surface area contributed by atoms with E-state index in [1.165, 1.54) is 12.1 Å². The van der Waals surface area contributed by atoms with Crippen molar-refractivity contribution in [3.63, 3.8) is 0 Å². The van der Waals surface area contributed by atoms with Crippen LogP contribution in [0.5, 0.6) is 11.5 Å². The van der Waals surface area contributed by atoms with E-state index in [9.17, 15) is 4.39 Å². The minimum absolute atomic E-state index is 0.0184. The van der Waals surface area contributed by atoms with Gasteiger partial charge in [0.1, 0.15) is 11.6 Å². The lowest BCUT2D eigenvalue weighted by Crippen LogP contribution is -1.98. The molecule has 3 N–H and O–H groups in total. The Balaban J connectivity index is 2.33. The monoisotopic (exact) mass is 325 g/mol. The summed E-state index contributed by atoms with van der Waals surface area (Å²) in [5.41, 5.74) is 6.97. The normalized spacial score (nSPS) is 10.5. The Hall–Kier alpha value is -1.59. The highest BCUT2D eigenvalue weighted by atomic mass is 79.9. The van der Waals surface area contributed by atoms with Gasteiger partial charge in [-0.3, -0.25) is 0 Å². The molecule has 0 bridgehead atoms. The first-order valence-corrected chi connectivity index (χ1v) is 6.52. The summed E-state index contributed by atoms with van der Waals surface area (Å²) in [6, 6.07) is 9.95. The number of aliphatic hydroxyl groups is 1. The van der Waals surface area contributed by atoms with E-state index in [4.69, 9.17) is 15.6 Å². The van der Waals surface area contributed by atoms with Crippen LogP contribution in [0.15, 0.2) is 40.9 Å². The zero-order chi connectivity index (χ0) is 13.8. The minimum atomic E-state index is -0.441. The third kappa shape index (κ3) is 3.24. The number of ether oxygens (including phenoxy) is 1. The molecule has 2 aromatic carbocycles. The van der Waals surface area contributed by atoms with Gasteiger partial charge in [0, 0.05) is 12.7 Å². The molecule has 0 aliphatic heterocycles. The van der Waals surface area contributed by atoms with Gasteiger partial charge < -0.3 is 15.6 Å². The molecule has 0 atom stereocenters. The molecule has 0 amide bonds. The van der Waals surface area contributed by atoms with Gasteiger partial charge in [0.15, 0.2) is 5.75 Å². The van der Waals surface area contributed by atoms with E-state index >= 15 is 0 Å². The van der Waals surface area contributed by atoms with Crippen LogP contribution < -0.4 is 10.5 Å². The van der Waals surface area contributed by atoms with Crippen LogP contribution in [0.1, 0.15) is 5.56 Å². The highest BCUT2D eigenvalue weighted by molar-refractivity contribution is 9.10. The number of hydrogen-bond acceptors (Lipinski definition) is 3. The molecule has 0 aliphatic carbocycles. The van der Waals surface area contributed by atoms with Gasteiger partial charge >= 0.3 is 0 Å². The lowest BCUT2D eigenvalue weighted by molar-refractivity contribution is 0.298. The van der Waals surface area contributed by atoms with E-state index < -0.39 is 5.82 Å². The molecule has 0 saturated heterocycles. The zero-order valence-electron chi connectivity index (χ0n) is 10.1. The minimum Gasteiger partial charge on any atom is -0.455 e. The second-order valence-electron chi connectivity index (χ2n) is 3.99. The number of halogens is 2. The van der Waals surface area contributed by atoms with Gasteiger partial charge in [0.2, 0.25) is 0 Å². The van der Waals surface area contributed by atoms with Crippen LogP contribution in [-0.2, 0) is 6.42 Å². The zero-order valence-corrected chi connectivity index (χ0v) is 11.7. The van der Waals surface area contributed by atoms with E-state index in [-0.39, 0.29) is 12.4 Å². The molecule has 0 saturated carbocycles. The molecule has 0 spiro atoms. The maximum absolute atomic E-state index is 13.5. The summed E-state index contributed by atoms with van der Waals surface area (Å²) < 4.78 is 19.4. The molecule has 5 heteroatoms. The number of aliphatic hydroxyl groups excluding tert-OH is 1. The Bertz CT molecular complexity index is 590. The van der Waals surface area contributed by atoms with Gasteiger partial charge in [0.05, 0.1) is 10.2 Å². The molecule has 2 rings (SSSR count). The number of benzene rings is 2. The molecule has 100 valence electrons. The van der Waals surface area contributed by atoms with Crippen LogP contribution >= 0.6 is 15.9 Å². The quantitative estimate of drug-likeness (QED) is 0.846. The maximum Gasteiger partial charge on any atom is 0.153 e. The van der Waals surface area contributed by atoms with E-state index in [2.05, 4.69) is 15.9 Å². The SMILES string of the molecule is Nc1cc(Br)c(F)cc1Oc1ccccc1CCO. The topological polar surface area (TPSA) is 55.5 Å². The Morgan fingerprint density at radius 3 is 2.68 bits per heavy atom. The van der Waals surface area contributed by atoms with Crippen molar-refractivity contribution in [1.82, 2.24) is 0 Å². The Morgan fingerprint density at radius 1 is 1.21 bits per heavy atom. The average Bonchev–Trinajstić information content (AvgIpc) is 2.38. The number of anilines is 1. The van der Waals surface area contributed by atoms with Crippen LogP contribution in [0.2, 0.25) is 0 Å². The fourth-order valence-electron chi connectivity index (χ4n) is 1.68.